The van der Waals surface area contributed by atoms with Gasteiger partial charge in [0.05, 0.1) is 18.4 Å². The fourth-order valence-electron chi connectivity index (χ4n) is 1.64. The number of hydrogen-bond donors (Lipinski definition) is 2. The van der Waals surface area contributed by atoms with Crippen LogP contribution in [0.4, 0.5) is 11.5 Å². The van der Waals surface area contributed by atoms with Gasteiger partial charge in [0, 0.05) is 19.5 Å². The molecule has 1 rings (SSSR count). The molecule has 0 aromatic carbocycles. The number of hydrogen-bond acceptors (Lipinski definition) is 4. The highest BCUT2D eigenvalue weighted by atomic mass is 16.1. The summed E-state index contributed by atoms with van der Waals surface area (Å²) >= 11 is 0. The zero-order valence-electron chi connectivity index (χ0n) is 9.81. The van der Waals surface area contributed by atoms with Crippen molar-refractivity contribution < 1.29 is 4.79 Å². The van der Waals surface area contributed by atoms with Crippen LogP contribution in [-0.2, 0) is 11.3 Å². The Bertz CT molecular complexity index is 356. The Hall–Kier alpha value is -1.72. The van der Waals surface area contributed by atoms with Gasteiger partial charge in [0.2, 0.25) is 5.91 Å². The maximum absolute atomic E-state index is 10.7. The molecule has 6 heteroatoms. The lowest BCUT2D eigenvalue weighted by Crippen LogP contribution is -2.26. The van der Waals surface area contributed by atoms with Crippen molar-refractivity contribution in [3.63, 3.8) is 0 Å². The standard InChI is InChI=1S/C10H19N5O/c1-3-14(4-2)10-8(11)7-13-15(10)6-5-9(12)16/h7H,3-6,11H2,1-2H3,(H2,12,16). The first kappa shape index (κ1) is 12.4. The van der Waals surface area contributed by atoms with Crippen LogP contribution in [0.5, 0.6) is 0 Å². The van der Waals surface area contributed by atoms with Gasteiger partial charge >= 0.3 is 0 Å². The fraction of sp³-hybridized carbons (Fsp3) is 0.600. The van der Waals surface area contributed by atoms with Gasteiger partial charge < -0.3 is 16.4 Å². The number of carbonyl (C=O) groups excluding carboxylic acids is 1. The van der Waals surface area contributed by atoms with E-state index in [-0.39, 0.29) is 12.3 Å². The van der Waals surface area contributed by atoms with Crippen LogP contribution in [0.1, 0.15) is 20.3 Å². The maximum Gasteiger partial charge on any atom is 0.219 e. The van der Waals surface area contributed by atoms with E-state index in [9.17, 15) is 4.79 Å². The Morgan fingerprint density at radius 1 is 1.50 bits per heavy atom. The lowest BCUT2D eigenvalue weighted by molar-refractivity contribution is -0.118. The second-order valence-corrected chi connectivity index (χ2v) is 3.54. The number of aryl methyl sites for hydroxylation is 1. The second kappa shape index (κ2) is 5.39. The number of nitrogen functional groups attached to an aromatic ring is 1. The van der Waals surface area contributed by atoms with Crippen LogP contribution < -0.4 is 16.4 Å². The molecule has 1 aromatic heterocycles. The molecule has 0 aliphatic rings. The molecule has 0 unspecified atom stereocenters. The molecule has 0 aliphatic heterocycles. The fourth-order valence-corrected chi connectivity index (χ4v) is 1.64. The van der Waals surface area contributed by atoms with Gasteiger partial charge in [-0.25, -0.2) is 4.68 Å². The number of carbonyl (C=O) groups is 1. The lowest BCUT2D eigenvalue weighted by atomic mass is 10.4. The zero-order chi connectivity index (χ0) is 12.1. The quantitative estimate of drug-likeness (QED) is 0.723. The third-order valence-corrected chi connectivity index (χ3v) is 2.47. The van der Waals surface area contributed by atoms with Crippen LogP contribution >= 0.6 is 0 Å². The largest absolute Gasteiger partial charge is 0.394 e. The van der Waals surface area contributed by atoms with E-state index in [1.807, 2.05) is 13.8 Å². The molecule has 90 valence electrons. The number of anilines is 2. The van der Waals surface area contributed by atoms with Crippen molar-refractivity contribution in [1.29, 1.82) is 0 Å². The van der Waals surface area contributed by atoms with Gasteiger partial charge in [-0.2, -0.15) is 5.10 Å². The van der Waals surface area contributed by atoms with E-state index in [2.05, 4.69) is 10.00 Å². The molecule has 0 radical (unpaired) electrons. The molecule has 6 nitrogen and oxygen atoms in total. The number of primary amides is 1. The number of nitrogens with zero attached hydrogens (tertiary/aromatic N) is 3. The van der Waals surface area contributed by atoms with Crippen molar-refractivity contribution in [1.82, 2.24) is 9.78 Å². The average Bonchev–Trinajstić information content (AvgIpc) is 2.60. The first-order chi connectivity index (χ1) is 7.60. The Kier molecular flexibility index (Phi) is 4.16. The van der Waals surface area contributed by atoms with Crippen molar-refractivity contribution in [3.8, 4) is 0 Å². The first-order valence-corrected chi connectivity index (χ1v) is 5.44. The molecular formula is C10H19N5O. The van der Waals surface area contributed by atoms with E-state index in [1.165, 1.54) is 0 Å². The summed E-state index contributed by atoms with van der Waals surface area (Å²) < 4.78 is 1.73. The topological polar surface area (TPSA) is 90.2 Å². The minimum Gasteiger partial charge on any atom is -0.394 e. The predicted octanol–water partition coefficient (Wildman–Crippen LogP) is 0.187. The summed E-state index contributed by atoms with van der Waals surface area (Å²) in [5.41, 5.74) is 11.6. The van der Waals surface area contributed by atoms with Crippen LogP contribution in [0.2, 0.25) is 0 Å². The summed E-state index contributed by atoms with van der Waals surface area (Å²) in [5.74, 6) is 0.533. The maximum atomic E-state index is 10.7. The molecule has 0 spiro atoms. The van der Waals surface area contributed by atoms with Gasteiger partial charge in [-0.1, -0.05) is 0 Å². The Morgan fingerprint density at radius 3 is 2.62 bits per heavy atom. The van der Waals surface area contributed by atoms with Crippen LogP contribution in [0.3, 0.4) is 0 Å². The van der Waals surface area contributed by atoms with E-state index in [0.717, 1.165) is 18.9 Å². The smallest absolute Gasteiger partial charge is 0.219 e. The van der Waals surface area contributed by atoms with Crippen LogP contribution in [0, 0.1) is 0 Å². The molecule has 16 heavy (non-hydrogen) atoms. The minimum atomic E-state index is -0.334. The number of nitrogens with two attached hydrogens (primary N) is 2. The van der Waals surface area contributed by atoms with E-state index in [0.29, 0.717) is 12.2 Å². The summed E-state index contributed by atoms with van der Waals surface area (Å²) in [6.45, 7) is 6.27. The summed E-state index contributed by atoms with van der Waals surface area (Å²) in [4.78, 5) is 12.8. The summed E-state index contributed by atoms with van der Waals surface area (Å²) in [6, 6.07) is 0. The van der Waals surface area contributed by atoms with Crippen molar-refractivity contribution in [3.05, 3.63) is 6.20 Å². The molecule has 0 saturated heterocycles. The van der Waals surface area contributed by atoms with Gasteiger partial charge in [0.15, 0.2) is 0 Å². The molecule has 4 N–H and O–H groups in total. The van der Waals surface area contributed by atoms with E-state index in [4.69, 9.17) is 11.5 Å². The lowest BCUT2D eigenvalue weighted by Gasteiger charge is -2.22. The first-order valence-electron chi connectivity index (χ1n) is 5.44. The number of aromatic nitrogens is 2. The molecule has 0 atom stereocenters. The number of rotatable bonds is 6. The van der Waals surface area contributed by atoms with Crippen molar-refractivity contribution in [2.75, 3.05) is 23.7 Å². The van der Waals surface area contributed by atoms with Gasteiger partial charge in [-0.3, -0.25) is 4.79 Å². The number of amides is 1. The molecular weight excluding hydrogens is 206 g/mol. The molecule has 0 saturated carbocycles. The predicted molar refractivity (Wildman–Crippen MR) is 64.0 cm³/mol. The zero-order valence-corrected chi connectivity index (χ0v) is 9.81. The molecule has 0 bridgehead atoms. The van der Waals surface area contributed by atoms with Gasteiger partial charge in [0.1, 0.15) is 5.82 Å². The van der Waals surface area contributed by atoms with Crippen molar-refractivity contribution in [2.45, 2.75) is 26.8 Å². The molecule has 0 fully saturated rings. The highest BCUT2D eigenvalue weighted by Crippen LogP contribution is 2.22. The van der Waals surface area contributed by atoms with Crippen LogP contribution in [0.25, 0.3) is 0 Å². The van der Waals surface area contributed by atoms with E-state index >= 15 is 0 Å². The third-order valence-electron chi connectivity index (χ3n) is 2.47. The Morgan fingerprint density at radius 2 is 2.12 bits per heavy atom. The summed E-state index contributed by atoms with van der Waals surface area (Å²) in [7, 11) is 0. The van der Waals surface area contributed by atoms with E-state index in [1.54, 1.807) is 10.9 Å². The molecule has 1 amide bonds. The Balaban J connectivity index is 2.88. The molecule has 1 aromatic rings. The molecule has 0 aliphatic carbocycles. The SMILES string of the molecule is CCN(CC)c1c(N)cnn1CCC(N)=O. The summed E-state index contributed by atoms with van der Waals surface area (Å²) in [6.07, 6.45) is 1.88. The van der Waals surface area contributed by atoms with Gasteiger partial charge in [0.25, 0.3) is 0 Å². The van der Waals surface area contributed by atoms with Crippen LogP contribution in [0.15, 0.2) is 6.20 Å². The highest BCUT2D eigenvalue weighted by molar-refractivity contribution is 5.73. The average molecular weight is 225 g/mol. The monoisotopic (exact) mass is 225 g/mol. The summed E-state index contributed by atoms with van der Waals surface area (Å²) in [5, 5.41) is 4.15. The second-order valence-electron chi connectivity index (χ2n) is 3.54. The Labute approximate surface area is 95.2 Å². The van der Waals surface area contributed by atoms with Crippen molar-refractivity contribution in [2.24, 2.45) is 5.73 Å². The molecule has 1 heterocycles. The van der Waals surface area contributed by atoms with Gasteiger partial charge in [-0.15, -0.1) is 0 Å². The van der Waals surface area contributed by atoms with Crippen LogP contribution in [-0.4, -0.2) is 28.8 Å². The normalized spacial score (nSPS) is 10.4. The van der Waals surface area contributed by atoms with Gasteiger partial charge in [-0.05, 0) is 13.8 Å². The highest BCUT2D eigenvalue weighted by Gasteiger charge is 2.13. The van der Waals surface area contributed by atoms with E-state index < -0.39 is 0 Å². The minimum absolute atomic E-state index is 0.273. The third kappa shape index (κ3) is 2.65. The van der Waals surface area contributed by atoms with Crippen molar-refractivity contribution >= 4 is 17.4 Å².